The quantitative estimate of drug-likeness (QED) is 0.663. The average molecular weight is 287 g/mol. The van der Waals surface area contributed by atoms with Gasteiger partial charge in [-0.05, 0) is 24.3 Å². The molecule has 0 saturated heterocycles. The fourth-order valence-electron chi connectivity index (χ4n) is 1.21. The van der Waals surface area contributed by atoms with Gasteiger partial charge < -0.3 is 20.5 Å². The minimum absolute atomic E-state index is 0.0964. The lowest BCUT2D eigenvalue weighted by Crippen LogP contribution is -2.38. The Morgan fingerprint density at radius 2 is 1.79 bits per heavy atom. The Morgan fingerprint density at radius 1 is 1.16 bits per heavy atom. The summed E-state index contributed by atoms with van der Waals surface area (Å²) in [4.78, 5) is 21.4. The van der Waals surface area contributed by atoms with E-state index in [1.807, 2.05) is 0 Å². The Kier molecular flexibility index (Phi) is 6.52. The summed E-state index contributed by atoms with van der Waals surface area (Å²) < 4.78 is 5.36. The van der Waals surface area contributed by atoms with Gasteiger partial charge in [-0.1, -0.05) is 11.6 Å². The first kappa shape index (κ1) is 15.1. The van der Waals surface area contributed by atoms with E-state index < -0.39 is 12.0 Å². The van der Waals surface area contributed by atoms with Gasteiger partial charge in [0, 0.05) is 11.6 Å². The van der Waals surface area contributed by atoms with Crippen LogP contribution in [0.15, 0.2) is 24.3 Å². The highest BCUT2D eigenvalue weighted by atomic mass is 35.5. The number of amides is 2. The second-order valence-corrected chi connectivity index (χ2v) is 4.07. The Morgan fingerprint density at radius 3 is 2.42 bits per heavy atom. The second kappa shape index (κ2) is 8.20. The molecule has 0 heterocycles. The number of benzene rings is 1. The van der Waals surface area contributed by atoms with E-state index in [2.05, 4.69) is 10.6 Å². The molecular weight excluding hydrogens is 272 g/mol. The van der Waals surface area contributed by atoms with E-state index in [4.69, 9.17) is 21.4 Å². The van der Waals surface area contributed by atoms with Gasteiger partial charge in [0.05, 0.1) is 13.0 Å². The number of halogens is 1. The molecule has 0 saturated carbocycles. The Bertz CT molecular complexity index is 422. The number of aliphatic carboxylic acids is 1. The lowest BCUT2D eigenvalue weighted by atomic mass is 10.3. The summed E-state index contributed by atoms with van der Waals surface area (Å²) in [6, 6.07) is 6.47. The summed E-state index contributed by atoms with van der Waals surface area (Å²) in [6.45, 7) is 0.731. The summed E-state index contributed by atoms with van der Waals surface area (Å²) in [7, 11) is 0. The number of ether oxygens (including phenoxy) is 1. The predicted octanol–water partition coefficient (Wildman–Crippen LogP) is 1.49. The summed E-state index contributed by atoms with van der Waals surface area (Å²) in [6.07, 6.45) is -0.102. The lowest BCUT2D eigenvalue weighted by molar-refractivity contribution is -0.136. The van der Waals surface area contributed by atoms with Crippen molar-refractivity contribution in [2.75, 3.05) is 19.7 Å². The number of carboxylic acids is 1. The molecule has 0 aliphatic carbocycles. The SMILES string of the molecule is O=C(O)CCNC(=O)NCCOc1ccc(Cl)cc1. The molecule has 1 rings (SSSR count). The van der Waals surface area contributed by atoms with Crippen LogP contribution < -0.4 is 15.4 Å². The molecule has 7 heteroatoms. The fraction of sp³-hybridized carbons (Fsp3) is 0.333. The smallest absolute Gasteiger partial charge is 0.314 e. The predicted molar refractivity (Wildman–Crippen MR) is 70.6 cm³/mol. The van der Waals surface area contributed by atoms with Gasteiger partial charge in [-0.15, -0.1) is 0 Å². The molecule has 2 amide bonds. The monoisotopic (exact) mass is 286 g/mol. The van der Waals surface area contributed by atoms with Crippen molar-refractivity contribution in [3.05, 3.63) is 29.3 Å². The van der Waals surface area contributed by atoms with E-state index in [1.54, 1.807) is 24.3 Å². The van der Waals surface area contributed by atoms with Crippen LogP contribution in [0.4, 0.5) is 4.79 Å². The molecule has 0 aromatic heterocycles. The number of carbonyl (C=O) groups excluding carboxylic acids is 1. The van der Waals surface area contributed by atoms with Crippen molar-refractivity contribution in [3.63, 3.8) is 0 Å². The number of carbonyl (C=O) groups is 2. The second-order valence-electron chi connectivity index (χ2n) is 3.63. The van der Waals surface area contributed by atoms with Gasteiger partial charge in [0.2, 0.25) is 0 Å². The zero-order valence-electron chi connectivity index (χ0n) is 10.2. The van der Waals surface area contributed by atoms with Crippen LogP contribution in [-0.2, 0) is 4.79 Å². The number of hydrogen-bond donors (Lipinski definition) is 3. The number of nitrogens with one attached hydrogen (secondary N) is 2. The first-order valence-corrected chi connectivity index (χ1v) is 6.07. The summed E-state index contributed by atoms with van der Waals surface area (Å²) in [5.41, 5.74) is 0. The highest BCUT2D eigenvalue weighted by Crippen LogP contribution is 2.14. The third-order valence-corrected chi connectivity index (χ3v) is 2.35. The van der Waals surface area contributed by atoms with E-state index >= 15 is 0 Å². The molecule has 0 atom stereocenters. The van der Waals surface area contributed by atoms with Crippen molar-refractivity contribution in [3.8, 4) is 5.75 Å². The molecule has 19 heavy (non-hydrogen) atoms. The third-order valence-electron chi connectivity index (χ3n) is 2.09. The zero-order valence-corrected chi connectivity index (χ0v) is 10.9. The number of rotatable bonds is 7. The van der Waals surface area contributed by atoms with Crippen LogP contribution in [0.3, 0.4) is 0 Å². The topological polar surface area (TPSA) is 87.7 Å². The Labute approximate surface area is 115 Å². The maximum Gasteiger partial charge on any atom is 0.314 e. The van der Waals surface area contributed by atoms with E-state index in [-0.39, 0.29) is 13.0 Å². The molecule has 1 aromatic carbocycles. The Hall–Kier alpha value is -1.95. The van der Waals surface area contributed by atoms with Crippen LogP contribution in [0.2, 0.25) is 5.02 Å². The molecule has 104 valence electrons. The number of urea groups is 1. The van der Waals surface area contributed by atoms with Crippen molar-refractivity contribution in [1.82, 2.24) is 10.6 Å². The highest BCUT2D eigenvalue weighted by Gasteiger charge is 2.01. The normalized spacial score (nSPS) is 9.74. The van der Waals surface area contributed by atoms with Gasteiger partial charge in [-0.2, -0.15) is 0 Å². The molecule has 0 radical (unpaired) electrons. The van der Waals surface area contributed by atoms with E-state index in [9.17, 15) is 9.59 Å². The molecule has 1 aromatic rings. The van der Waals surface area contributed by atoms with Crippen LogP contribution in [-0.4, -0.2) is 36.8 Å². The molecule has 0 aliphatic rings. The highest BCUT2D eigenvalue weighted by molar-refractivity contribution is 6.30. The molecule has 6 nitrogen and oxygen atoms in total. The van der Waals surface area contributed by atoms with Crippen molar-refractivity contribution in [1.29, 1.82) is 0 Å². The minimum atomic E-state index is -0.952. The van der Waals surface area contributed by atoms with Gasteiger partial charge >= 0.3 is 12.0 Å². The van der Waals surface area contributed by atoms with Crippen LogP contribution in [0.5, 0.6) is 5.75 Å². The number of hydrogen-bond acceptors (Lipinski definition) is 3. The van der Waals surface area contributed by atoms with Crippen molar-refractivity contribution in [2.24, 2.45) is 0 Å². The van der Waals surface area contributed by atoms with Gasteiger partial charge in [0.25, 0.3) is 0 Å². The maximum absolute atomic E-state index is 11.2. The molecule has 0 fully saturated rings. The molecule has 3 N–H and O–H groups in total. The van der Waals surface area contributed by atoms with Gasteiger partial charge in [0.15, 0.2) is 0 Å². The molecule has 0 bridgehead atoms. The van der Waals surface area contributed by atoms with Crippen molar-refractivity contribution >= 4 is 23.6 Å². The lowest BCUT2D eigenvalue weighted by Gasteiger charge is -2.08. The van der Waals surface area contributed by atoms with Crippen LogP contribution in [0, 0.1) is 0 Å². The van der Waals surface area contributed by atoms with Gasteiger partial charge in [-0.3, -0.25) is 4.79 Å². The summed E-state index contributed by atoms with van der Waals surface area (Å²) >= 11 is 5.72. The summed E-state index contributed by atoms with van der Waals surface area (Å²) in [5, 5.41) is 14.0. The van der Waals surface area contributed by atoms with Crippen molar-refractivity contribution < 1.29 is 19.4 Å². The van der Waals surface area contributed by atoms with Crippen molar-refractivity contribution in [2.45, 2.75) is 6.42 Å². The molecule has 0 unspecified atom stereocenters. The first-order valence-electron chi connectivity index (χ1n) is 5.70. The van der Waals surface area contributed by atoms with Crippen LogP contribution in [0.25, 0.3) is 0 Å². The molecule has 0 aliphatic heterocycles. The van der Waals surface area contributed by atoms with Gasteiger partial charge in [-0.25, -0.2) is 4.79 Å². The maximum atomic E-state index is 11.2. The number of carboxylic acid groups (broad SMARTS) is 1. The largest absolute Gasteiger partial charge is 0.492 e. The standard InChI is InChI=1S/C12H15ClN2O4/c13-9-1-3-10(4-2-9)19-8-7-15-12(18)14-6-5-11(16)17/h1-4H,5-8H2,(H,16,17)(H2,14,15,18). The van der Waals surface area contributed by atoms with Crippen LogP contribution >= 0.6 is 11.6 Å². The van der Waals surface area contributed by atoms with Crippen LogP contribution in [0.1, 0.15) is 6.42 Å². The summed E-state index contributed by atoms with van der Waals surface area (Å²) in [5.74, 6) is -0.288. The molecular formula is C12H15ClN2O4. The molecule has 0 spiro atoms. The van der Waals surface area contributed by atoms with E-state index in [0.717, 1.165) is 0 Å². The fourth-order valence-corrected chi connectivity index (χ4v) is 1.34. The van der Waals surface area contributed by atoms with E-state index in [0.29, 0.717) is 23.9 Å². The first-order chi connectivity index (χ1) is 9.08. The zero-order chi connectivity index (χ0) is 14.1. The minimum Gasteiger partial charge on any atom is -0.492 e. The average Bonchev–Trinajstić information content (AvgIpc) is 2.36. The van der Waals surface area contributed by atoms with E-state index in [1.165, 1.54) is 0 Å². The third kappa shape index (κ3) is 7.15. The van der Waals surface area contributed by atoms with Gasteiger partial charge in [0.1, 0.15) is 12.4 Å². The Balaban J connectivity index is 2.08.